The number of nitrogens with zero attached hydrogens (tertiary/aromatic N) is 1. The summed E-state index contributed by atoms with van der Waals surface area (Å²) < 4.78 is 20.9. The number of nitrogen functional groups attached to an aromatic ring is 1. The van der Waals surface area contributed by atoms with Crippen LogP contribution in [0.3, 0.4) is 0 Å². The van der Waals surface area contributed by atoms with E-state index in [-0.39, 0.29) is 35.2 Å². The summed E-state index contributed by atoms with van der Waals surface area (Å²) >= 11 is 0. The highest BCUT2D eigenvalue weighted by Gasteiger charge is 2.46. The lowest BCUT2D eigenvalue weighted by molar-refractivity contribution is 0.0694. The second-order valence-corrected chi connectivity index (χ2v) is 5.05. The van der Waals surface area contributed by atoms with Crippen molar-refractivity contribution in [3.05, 3.63) is 34.1 Å². The zero-order valence-corrected chi connectivity index (χ0v) is 11.2. The van der Waals surface area contributed by atoms with E-state index in [9.17, 15) is 14.0 Å². The molecule has 1 aromatic carbocycles. The largest absolute Gasteiger partial charge is 0.495 e. The van der Waals surface area contributed by atoms with Gasteiger partial charge in [0.15, 0.2) is 5.79 Å². The Labute approximate surface area is 118 Å². The van der Waals surface area contributed by atoms with Crippen LogP contribution in [0.1, 0.15) is 23.2 Å². The molecule has 1 saturated carbocycles. The third kappa shape index (κ3) is 1.84. The maximum absolute atomic E-state index is 14.6. The van der Waals surface area contributed by atoms with Crippen LogP contribution in [0.4, 0.5) is 10.1 Å². The lowest BCUT2D eigenvalue weighted by Crippen LogP contribution is -2.23. The topological polar surface area (TPSA) is 94.6 Å². The number of pyridine rings is 1. The van der Waals surface area contributed by atoms with Crippen molar-refractivity contribution >= 4 is 22.6 Å². The number of aromatic nitrogens is 1. The summed E-state index contributed by atoms with van der Waals surface area (Å²) in [6, 6.07) is 2.97. The minimum atomic E-state index is -1.70. The van der Waals surface area contributed by atoms with Crippen LogP contribution >= 0.6 is 0 Å². The summed E-state index contributed by atoms with van der Waals surface area (Å²) in [4.78, 5) is 23.5. The van der Waals surface area contributed by atoms with Crippen LogP contribution in [0.25, 0.3) is 10.9 Å². The maximum atomic E-state index is 14.6. The van der Waals surface area contributed by atoms with Gasteiger partial charge in [-0.05, 0) is 12.1 Å². The molecule has 1 aromatic heterocycles. The average Bonchev–Trinajstić information content (AvgIpc) is 3.17. The van der Waals surface area contributed by atoms with E-state index in [1.807, 2.05) is 0 Å². The van der Waals surface area contributed by atoms with Crippen LogP contribution < -0.4 is 15.9 Å². The van der Waals surface area contributed by atoms with Crippen molar-refractivity contribution in [3.8, 4) is 5.75 Å². The molecule has 21 heavy (non-hydrogen) atoms. The number of halogens is 1. The van der Waals surface area contributed by atoms with Gasteiger partial charge < -0.3 is 20.1 Å². The van der Waals surface area contributed by atoms with E-state index in [1.165, 1.54) is 19.2 Å². The van der Waals surface area contributed by atoms with Crippen LogP contribution in [0.15, 0.2) is 23.1 Å². The van der Waals surface area contributed by atoms with E-state index >= 15 is 0 Å². The molecule has 1 aliphatic carbocycles. The number of hydrogen-bond acceptors (Lipinski definition) is 4. The number of methoxy groups -OCH3 is 1. The monoisotopic (exact) mass is 292 g/mol. The quantitative estimate of drug-likeness (QED) is 0.840. The highest BCUT2D eigenvalue weighted by atomic mass is 19.1. The van der Waals surface area contributed by atoms with Crippen molar-refractivity contribution < 1.29 is 19.0 Å². The van der Waals surface area contributed by atoms with E-state index in [2.05, 4.69) is 0 Å². The van der Waals surface area contributed by atoms with Gasteiger partial charge in [-0.15, -0.1) is 0 Å². The van der Waals surface area contributed by atoms with Gasteiger partial charge in [0.1, 0.15) is 11.3 Å². The molecule has 3 N–H and O–H groups in total. The minimum absolute atomic E-state index is 0.0295. The number of alkyl halides is 1. The predicted octanol–water partition coefficient (Wildman–Crippen LogP) is 1.71. The van der Waals surface area contributed by atoms with Crippen LogP contribution in [0.2, 0.25) is 0 Å². The lowest BCUT2D eigenvalue weighted by Gasteiger charge is -2.18. The molecule has 1 fully saturated rings. The molecule has 0 aliphatic heterocycles. The molecule has 0 bridgehead atoms. The Morgan fingerprint density at radius 3 is 2.67 bits per heavy atom. The van der Waals surface area contributed by atoms with E-state index in [0.717, 1.165) is 10.8 Å². The summed E-state index contributed by atoms with van der Waals surface area (Å²) in [5.41, 5.74) is 4.83. The van der Waals surface area contributed by atoms with Crippen molar-refractivity contribution in [2.45, 2.75) is 18.6 Å². The molecule has 6 nitrogen and oxygen atoms in total. The minimum Gasteiger partial charge on any atom is -0.495 e. The first-order valence-electron chi connectivity index (χ1n) is 6.33. The number of carboxylic acid groups (broad SMARTS) is 1. The zero-order chi connectivity index (χ0) is 15.4. The molecule has 1 heterocycles. The number of rotatable bonds is 3. The number of hydrogen-bond donors (Lipinski definition) is 2. The molecule has 0 atom stereocenters. The number of nitrogens with two attached hydrogens (primary N) is 1. The molecule has 3 rings (SSSR count). The molecule has 110 valence electrons. The highest BCUT2D eigenvalue weighted by Crippen LogP contribution is 2.47. The van der Waals surface area contributed by atoms with Crippen LogP contribution in [-0.4, -0.2) is 22.8 Å². The van der Waals surface area contributed by atoms with Crippen molar-refractivity contribution in [2.24, 2.45) is 0 Å². The first kappa shape index (κ1) is 13.4. The number of carbonyl (C=O) groups is 1. The van der Waals surface area contributed by atoms with E-state index < -0.39 is 22.8 Å². The molecule has 0 saturated heterocycles. The fourth-order valence-electron chi connectivity index (χ4n) is 2.43. The van der Waals surface area contributed by atoms with Gasteiger partial charge in [0.25, 0.3) is 0 Å². The third-order valence-corrected chi connectivity index (χ3v) is 3.69. The normalized spacial score (nSPS) is 15.9. The number of anilines is 1. The highest BCUT2D eigenvalue weighted by molar-refractivity contribution is 5.99. The van der Waals surface area contributed by atoms with Gasteiger partial charge in [0.2, 0.25) is 5.43 Å². The maximum Gasteiger partial charge on any atom is 0.341 e. The Balaban J connectivity index is 2.54. The number of carboxylic acids is 1. The Hall–Kier alpha value is -2.57. The molecular weight excluding hydrogens is 279 g/mol. The molecule has 0 unspecified atom stereocenters. The molecule has 2 aromatic rings. The van der Waals surface area contributed by atoms with Gasteiger partial charge >= 0.3 is 5.97 Å². The van der Waals surface area contributed by atoms with E-state index in [4.69, 9.17) is 15.6 Å². The second kappa shape index (κ2) is 4.21. The van der Waals surface area contributed by atoms with Gasteiger partial charge in [-0.2, -0.15) is 0 Å². The third-order valence-electron chi connectivity index (χ3n) is 3.69. The van der Waals surface area contributed by atoms with E-state index in [1.54, 1.807) is 0 Å². The SMILES string of the molecule is COc1ccc(N)c2c(=O)c(C(=O)O)cn(C3(F)CC3)c12. The first-order valence-corrected chi connectivity index (χ1v) is 6.33. The van der Waals surface area contributed by atoms with Gasteiger partial charge in [0.05, 0.1) is 18.0 Å². The van der Waals surface area contributed by atoms with Gasteiger partial charge in [-0.25, -0.2) is 9.18 Å². The summed E-state index contributed by atoms with van der Waals surface area (Å²) in [6.07, 6.45) is 1.53. The molecule has 0 radical (unpaired) electrons. The van der Waals surface area contributed by atoms with Gasteiger partial charge in [-0.1, -0.05) is 0 Å². The number of ether oxygens (including phenoxy) is 1. The summed E-state index contributed by atoms with van der Waals surface area (Å²) in [5.74, 6) is -2.84. The van der Waals surface area contributed by atoms with E-state index in [0.29, 0.717) is 0 Å². The fourth-order valence-corrected chi connectivity index (χ4v) is 2.43. The smallest absolute Gasteiger partial charge is 0.341 e. The fraction of sp³-hybridized carbons (Fsp3) is 0.286. The van der Waals surface area contributed by atoms with Crippen LogP contribution in [0, 0.1) is 0 Å². The zero-order valence-electron chi connectivity index (χ0n) is 11.2. The standard InChI is InChI=1S/C14H13FN2O4/c1-21-9-3-2-8(16)10-11(9)17(14(15)4-5-14)6-7(12(10)18)13(19)20/h2-3,6H,4-5,16H2,1H3,(H,19,20). The Morgan fingerprint density at radius 1 is 1.48 bits per heavy atom. The molecule has 7 heteroatoms. The van der Waals surface area contributed by atoms with Crippen molar-refractivity contribution in [2.75, 3.05) is 12.8 Å². The van der Waals surface area contributed by atoms with Gasteiger partial charge in [-0.3, -0.25) is 4.79 Å². The molecule has 0 amide bonds. The lowest BCUT2D eigenvalue weighted by atomic mass is 10.1. The Bertz CT molecular complexity index is 824. The average molecular weight is 292 g/mol. The Morgan fingerprint density at radius 2 is 2.14 bits per heavy atom. The predicted molar refractivity (Wildman–Crippen MR) is 74.4 cm³/mol. The summed E-state index contributed by atoms with van der Waals surface area (Å²) in [7, 11) is 1.39. The summed E-state index contributed by atoms with van der Waals surface area (Å²) in [5, 5.41) is 9.12. The van der Waals surface area contributed by atoms with Crippen LogP contribution in [0.5, 0.6) is 5.75 Å². The van der Waals surface area contributed by atoms with Crippen molar-refractivity contribution in [1.82, 2.24) is 4.57 Å². The number of benzene rings is 1. The summed E-state index contributed by atoms with van der Waals surface area (Å²) in [6.45, 7) is 0. The van der Waals surface area contributed by atoms with Gasteiger partial charge in [0, 0.05) is 24.7 Å². The number of aromatic carboxylic acids is 1. The molecule has 0 spiro atoms. The number of fused-ring (bicyclic) bond motifs is 1. The Kier molecular flexibility index (Phi) is 2.69. The molecular formula is C14H13FN2O4. The first-order chi connectivity index (χ1) is 9.89. The second-order valence-electron chi connectivity index (χ2n) is 5.05. The van der Waals surface area contributed by atoms with Crippen molar-refractivity contribution in [3.63, 3.8) is 0 Å². The molecule has 1 aliphatic rings. The van der Waals surface area contributed by atoms with Crippen molar-refractivity contribution in [1.29, 1.82) is 0 Å². The van der Waals surface area contributed by atoms with Crippen LogP contribution in [-0.2, 0) is 5.79 Å².